The Hall–Kier alpha value is -2.28. The maximum absolute atomic E-state index is 10.9. The van der Waals surface area contributed by atoms with Crippen LogP contribution in [-0.2, 0) is 0 Å². The van der Waals surface area contributed by atoms with Crippen LogP contribution in [0.2, 0.25) is 0 Å². The van der Waals surface area contributed by atoms with Crippen molar-refractivity contribution in [1.82, 2.24) is 14.6 Å². The molecule has 118 valence electrons. The molecule has 1 aromatic carbocycles. The number of rotatable bonds is 3. The summed E-state index contributed by atoms with van der Waals surface area (Å²) in [6, 6.07) is 6.55. The molecule has 0 N–H and O–H groups in total. The summed E-state index contributed by atoms with van der Waals surface area (Å²) in [6.45, 7) is 0. The summed E-state index contributed by atoms with van der Waals surface area (Å²) in [5.74, 6) is 0.566. The molecular formula is C16H16N4O2S. The average molecular weight is 328 g/mol. The molecule has 0 amide bonds. The molecule has 1 fully saturated rings. The second-order valence-electron chi connectivity index (χ2n) is 5.94. The van der Waals surface area contributed by atoms with Gasteiger partial charge in [-0.05, 0) is 12.8 Å². The minimum Gasteiger partial charge on any atom is -0.258 e. The Balaban J connectivity index is 1.66. The van der Waals surface area contributed by atoms with E-state index in [-0.39, 0.29) is 10.6 Å². The highest BCUT2D eigenvalue weighted by Gasteiger charge is 2.20. The monoisotopic (exact) mass is 328 g/mol. The highest BCUT2D eigenvalue weighted by molar-refractivity contribution is 7.16. The summed E-state index contributed by atoms with van der Waals surface area (Å²) in [5, 5.41) is 16.7. The highest BCUT2D eigenvalue weighted by Crippen LogP contribution is 2.35. The summed E-state index contributed by atoms with van der Waals surface area (Å²) < 4.78 is 1.81. The van der Waals surface area contributed by atoms with Crippen LogP contribution in [0.25, 0.3) is 16.2 Å². The first-order valence-electron chi connectivity index (χ1n) is 7.81. The van der Waals surface area contributed by atoms with E-state index in [2.05, 4.69) is 10.1 Å². The van der Waals surface area contributed by atoms with Gasteiger partial charge in [-0.1, -0.05) is 42.7 Å². The lowest BCUT2D eigenvalue weighted by Gasteiger charge is -2.18. The summed E-state index contributed by atoms with van der Waals surface area (Å²) in [7, 11) is 0. The molecule has 0 bridgehead atoms. The molecule has 7 heteroatoms. The Morgan fingerprint density at radius 3 is 2.83 bits per heavy atom. The van der Waals surface area contributed by atoms with Crippen molar-refractivity contribution in [3.05, 3.63) is 45.6 Å². The third-order valence-corrected chi connectivity index (χ3v) is 5.45. The molecule has 3 aromatic rings. The van der Waals surface area contributed by atoms with E-state index in [4.69, 9.17) is 0 Å². The molecular weight excluding hydrogens is 312 g/mol. The maximum Gasteiger partial charge on any atom is 0.270 e. The van der Waals surface area contributed by atoms with Crippen LogP contribution in [0, 0.1) is 10.1 Å². The minimum absolute atomic E-state index is 0.0784. The summed E-state index contributed by atoms with van der Waals surface area (Å²) in [5.41, 5.74) is 1.55. The number of nitrogens with zero attached hydrogens (tertiary/aromatic N) is 4. The smallest absolute Gasteiger partial charge is 0.258 e. The highest BCUT2D eigenvalue weighted by atomic mass is 32.1. The van der Waals surface area contributed by atoms with Gasteiger partial charge in [0.2, 0.25) is 4.96 Å². The van der Waals surface area contributed by atoms with Crippen LogP contribution in [0.1, 0.15) is 43.0 Å². The van der Waals surface area contributed by atoms with Crippen molar-refractivity contribution < 1.29 is 4.92 Å². The summed E-state index contributed by atoms with van der Waals surface area (Å²) in [4.78, 5) is 16.0. The number of fused-ring (bicyclic) bond motifs is 1. The standard InChI is InChI=1S/C16H16N4O2S/c21-20(22)13-8-4-7-12(9-13)14-10-19-16(17-14)23-15(18-19)11-5-2-1-3-6-11/h4,7-11H,1-3,5-6H2. The van der Waals surface area contributed by atoms with Crippen LogP contribution in [0.4, 0.5) is 5.69 Å². The molecule has 0 atom stereocenters. The fourth-order valence-corrected chi connectivity index (χ4v) is 4.20. The Bertz CT molecular complexity index is 832. The fraction of sp³-hybridized carbons (Fsp3) is 0.375. The molecule has 0 radical (unpaired) electrons. The Labute approximate surface area is 136 Å². The quantitative estimate of drug-likeness (QED) is 0.527. The van der Waals surface area contributed by atoms with E-state index >= 15 is 0 Å². The Kier molecular flexibility index (Phi) is 3.57. The number of nitro groups is 1. The molecule has 2 heterocycles. The van der Waals surface area contributed by atoms with Crippen molar-refractivity contribution in [2.45, 2.75) is 38.0 Å². The van der Waals surface area contributed by atoms with Gasteiger partial charge in [-0.15, -0.1) is 0 Å². The van der Waals surface area contributed by atoms with Crippen molar-refractivity contribution >= 4 is 22.0 Å². The second-order valence-corrected chi connectivity index (χ2v) is 6.92. The van der Waals surface area contributed by atoms with Gasteiger partial charge in [0.15, 0.2) is 0 Å². The first-order valence-corrected chi connectivity index (χ1v) is 8.63. The molecule has 1 saturated carbocycles. The van der Waals surface area contributed by atoms with Gasteiger partial charge in [0.1, 0.15) is 5.01 Å². The SMILES string of the molecule is O=[N+]([O-])c1cccc(-c2cn3nc(C4CCCCC4)sc3n2)c1. The van der Waals surface area contributed by atoms with Crippen molar-refractivity contribution in [1.29, 1.82) is 0 Å². The van der Waals surface area contributed by atoms with Crippen LogP contribution in [0.3, 0.4) is 0 Å². The maximum atomic E-state index is 10.9. The number of benzene rings is 1. The van der Waals surface area contributed by atoms with Crippen LogP contribution < -0.4 is 0 Å². The molecule has 0 saturated heterocycles. The molecule has 0 aliphatic heterocycles. The largest absolute Gasteiger partial charge is 0.270 e. The molecule has 4 rings (SSSR count). The molecule has 23 heavy (non-hydrogen) atoms. The van der Waals surface area contributed by atoms with Gasteiger partial charge >= 0.3 is 0 Å². The predicted octanol–water partition coefficient (Wildman–Crippen LogP) is 4.41. The zero-order valence-electron chi connectivity index (χ0n) is 12.5. The zero-order chi connectivity index (χ0) is 15.8. The van der Waals surface area contributed by atoms with Gasteiger partial charge < -0.3 is 0 Å². The summed E-state index contributed by atoms with van der Waals surface area (Å²) in [6.07, 6.45) is 8.19. The number of hydrogen-bond donors (Lipinski definition) is 0. The van der Waals surface area contributed by atoms with E-state index in [1.54, 1.807) is 23.5 Å². The number of non-ortho nitro benzene ring substituents is 1. The average Bonchev–Trinajstić information content (AvgIpc) is 3.14. The normalized spacial score (nSPS) is 16.0. The molecule has 1 aliphatic rings. The van der Waals surface area contributed by atoms with Crippen molar-refractivity contribution in [2.75, 3.05) is 0 Å². The topological polar surface area (TPSA) is 73.3 Å². The molecule has 6 nitrogen and oxygen atoms in total. The fourth-order valence-electron chi connectivity index (χ4n) is 3.15. The lowest BCUT2D eigenvalue weighted by Crippen LogP contribution is -2.04. The van der Waals surface area contributed by atoms with E-state index in [0.717, 1.165) is 21.2 Å². The van der Waals surface area contributed by atoms with Crippen molar-refractivity contribution in [3.8, 4) is 11.3 Å². The van der Waals surface area contributed by atoms with E-state index < -0.39 is 0 Å². The third-order valence-electron chi connectivity index (χ3n) is 4.37. The lowest BCUT2D eigenvalue weighted by atomic mass is 9.90. The number of imidazole rings is 1. The van der Waals surface area contributed by atoms with Gasteiger partial charge in [-0.3, -0.25) is 10.1 Å². The summed E-state index contributed by atoms with van der Waals surface area (Å²) >= 11 is 1.64. The van der Waals surface area contributed by atoms with Crippen molar-refractivity contribution in [2.24, 2.45) is 0 Å². The number of nitro benzene ring substituents is 1. The molecule has 0 unspecified atom stereocenters. The van der Waals surface area contributed by atoms with Crippen LogP contribution in [0.15, 0.2) is 30.5 Å². The first kappa shape index (κ1) is 14.3. The van der Waals surface area contributed by atoms with Gasteiger partial charge in [-0.2, -0.15) is 5.10 Å². The van der Waals surface area contributed by atoms with E-state index in [9.17, 15) is 10.1 Å². The van der Waals surface area contributed by atoms with Gasteiger partial charge in [0, 0.05) is 23.6 Å². The van der Waals surface area contributed by atoms with E-state index in [1.165, 1.54) is 38.2 Å². The van der Waals surface area contributed by atoms with Gasteiger partial charge in [0.05, 0.1) is 16.8 Å². The Morgan fingerprint density at radius 1 is 1.26 bits per heavy atom. The number of aromatic nitrogens is 3. The Morgan fingerprint density at radius 2 is 2.09 bits per heavy atom. The number of hydrogen-bond acceptors (Lipinski definition) is 5. The molecule has 2 aromatic heterocycles. The molecule has 0 spiro atoms. The molecule has 1 aliphatic carbocycles. The predicted molar refractivity (Wildman–Crippen MR) is 88.8 cm³/mol. The second kappa shape index (κ2) is 5.73. The zero-order valence-corrected chi connectivity index (χ0v) is 13.3. The van der Waals surface area contributed by atoms with Crippen LogP contribution in [-0.4, -0.2) is 19.5 Å². The van der Waals surface area contributed by atoms with Crippen LogP contribution >= 0.6 is 11.3 Å². The van der Waals surface area contributed by atoms with E-state index in [0.29, 0.717) is 5.92 Å². The van der Waals surface area contributed by atoms with Crippen LogP contribution in [0.5, 0.6) is 0 Å². The van der Waals surface area contributed by atoms with E-state index in [1.807, 2.05) is 16.8 Å². The third kappa shape index (κ3) is 2.72. The van der Waals surface area contributed by atoms with Gasteiger partial charge in [-0.25, -0.2) is 9.50 Å². The lowest BCUT2D eigenvalue weighted by molar-refractivity contribution is -0.384. The first-order chi connectivity index (χ1) is 11.2. The van der Waals surface area contributed by atoms with Crippen molar-refractivity contribution in [3.63, 3.8) is 0 Å². The van der Waals surface area contributed by atoms with Gasteiger partial charge in [0.25, 0.3) is 5.69 Å². The minimum atomic E-state index is -0.388.